The molecule has 0 bridgehead atoms. The number of ether oxygens (including phenoxy) is 2. The topological polar surface area (TPSA) is 43.4 Å². The van der Waals surface area contributed by atoms with Gasteiger partial charge in [0.1, 0.15) is 23.9 Å². The largest absolute Gasteiger partial charge is 0.497 e. The minimum Gasteiger partial charge on any atom is -0.497 e. The first-order chi connectivity index (χ1) is 8.81. The predicted octanol–water partition coefficient (Wildman–Crippen LogP) is 2.71. The lowest BCUT2D eigenvalue weighted by molar-refractivity contribution is 0.305. The molecule has 0 unspecified atom stereocenters. The number of aromatic nitrogens is 1. The van der Waals surface area contributed by atoms with E-state index in [4.69, 9.17) is 9.47 Å². The van der Waals surface area contributed by atoms with Gasteiger partial charge in [-0.05, 0) is 29.8 Å². The first-order valence-electron chi connectivity index (χ1n) is 5.71. The van der Waals surface area contributed by atoms with Crippen LogP contribution in [-0.4, -0.2) is 19.1 Å². The van der Waals surface area contributed by atoms with Crippen LogP contribution in [0.25, 0.3) is 0 Å². The van der Waals surface area contributed by atoms with Crippen molar-refractivity contribution in [2.24, 2.45) is 0 Å². The van der Waals surface area contributed by atoms with Gasteiger partial charge in [-0.1, -0.05) is 12.1 Å². The Morgan fingerprint density at radius 3 is 2.33 bits per heavy atom. The molecule has 4 nitrogen and oxygen atoms in total. The van der Waals surface area contributed by atoms with Gasteiger partial charge in [0, 0.05) is 7.05 Å². The van der Waals surface area contributed by atoms with E-state index in [2.05, 4.69) is 10.3 Å². The molecule has 1 aromatic heterocycles. The van der Waals surface area contributed by atoms with Gasteiger partial charge in [-0.15, -0.1) is 0 Å². The van der Waals surface area contributed by atoms with Crippen molar-refractivity contribution in [3.8, 4) is 11.5 Å². The number of pyridine rings is 1. The molecule has 0 spiro atoms. The summed E-state index contributed by atoms with van der Waals surface area (Å²) < 4.78 is 10.7. The number of rotatable bonds is 5. The molecule has 1 N–H and O–H groups in total. The molecule has 0 atom stereocenters. The number of nitrogens with one attached hydrogen (secondary N) is 1. The maximum atomic E-state index is 5.63. The highest BCUT2D eigenvalue weighted by Gasteiger charge is 1.98. The monoisotopic (exact) mass is 244 g/mol. The van der Waals surface area contributed by atoms with Crippen LogP contribution < -0.4 is 14.8 Å². The van der Waals surface area contributed by atoms with Crippen molar-refractivity contribution < 1.29 is 9.47 Å². The molecule has 1 heterocycles. The first kappa shape index (κ1) is 12.2. The molecule has 0 fully saturated rings. The Bertz CT molecular complexity index is 433. The lowest BCUT2D eigenvalue weighted by Crippen LogP contribution is -1.97. The fourth-order valence-corrected chi connectivity index (χ4v) is 1.50. The van der Waals surface area contributed by atoms with Gasteiger partial charge >= 0.3 is 0 Å². The van der Waals surface area contributed by atoms with Crippen molar-refractivity contribution in [2.45, 2.75) is 6.61 Å². The van der Waals surface area contributed by atoms with Crippen molar-refractivity contribution in [2.75, 3.05) is 19.5 Å². The van der Waals surface area contributed by atoms with E-state index in [0.29, 0.717) is 6.61 Å². The number of nitrogens with zero attached hydrogens (tertiary/aromatic N) is 1. The summed E-state index contributed by atoms with van der Waals surface area (Å²) in [5.74, 6) is 2.43. The molecule has 0 aliphatic carbocycles. The van der Waals surface area contributed by atoms with Gasteiger partial charge in [-0.2, -0.15) is 0 Å². The van der Waals surface area contributed by atoms with Crippen molar-refractivity contribution >= 4 is 5.82 Å². The van der Waals surface area contributed by atoms with E-state index in [-0.39, 0.29) is 0 Å². The van der Waals surface area contributed by atoms with Crippen LogP contribution in [0, 0.1) is 0 Å². The Labute approximate surface area is 107 Å². The fraction of sp³-hybridized carbons (Fsp3) is 0.214. The van der Waals surface area contributed by atoms with Crippen LogP contribution in [-0.2, 0) is 6.61 Å². The zero-order valence-electron chi connectivity index (χ0n) is 10.5. The van der Waals surface area contributed by atoms with Crippen LogP contribution >= 0.6 is 0 Å². The van der Waals surface area contributed by atoms with Crippen LogP contribution in [0.3, 0.4) is 0 Å². The molecule has 94 valence electrons. The second-order valence-electron chi connectivity index (χ2n) is 3.77. The van der Waals surface area contributed by atoms with E-state index in [0.717, 1.165) is 22.9 Å². The molecule has 4 heteroatoms. The lowest BCUT2D eigenvalue weighted by atomic mass is 10.2. The quantitative estimate of drug-likeness (QED) is 0.878. The average molecular weight is 244 g/mol. The van der Waals surface area contributed by atoms with E-state index in [1.54, 1.807) is 13.3 Å². The zero-order valence-corrected chi connectivity index (χ0v) is 10.5. The SMILES string of the molecule is CNc1ccc(OCc2ccc(OC)cc2)cn1. The van der Waals surface area contributed by atoms with Gasteiger partial charge in [-0.3, -0.25) is 0 Å². The van der Waals surface area contributed by atoms with Crippen molar-refractivity contribution in [1.29, 1.82) is 0 Å². The van der Waals surface area contributed by atoms with Gasteiger partial charge in [0.05, 0.1) is 13.3 Å². The third-order valence-electron chi connectivity index (χ3n) is 2.56. The summed E-state index contributed by atoms with van der Waals surface area (Å²) in [4.78, 5) is 4.18. The minimum absolute atomic E-state index is 0.518. The minimum atomic E-state index is 0.518. The lowest BCUT2D eigenvalue weighted by Gasteiger charge is -2.07. The Kier molecular flexibility index (Phi) is 4.02. The Morgan fingerprint density at radius 2 is 1.78 bits per heavy atom. The second kappa shape index (κ2) is 5.91. The number of methoxy groups -OCH3 is 1. The number of anilines is 1. The first-order valence-corrected chi connectivity index (χ1v) is 5.71. The number of hydrogen-bond acceptors (Lipinski definition) is 4. The molecular weight excluding hydrogens is 228 g/mol. The van der Waals surface area contributed by atoms with Crippen LogP contribution in [0.1, 0.15) is 5.56 Å². The highest BCUT2D eigenvalue weighted by Crippen LogP contribution is 2.15. The van der Waals surface area contributed by atoms with Gasteiger partial charge < -0.3 is 14.8 Å². The van der Waals surface area contributed by atoms with Crippen LogP contribution in [0.5, 0.6) is 11.5 Å². The Morgan fingerprint density at radius 1 is 1.06 bits per heavy atom. The van der Waals surface area contributed by atoms with Gasteiger partial charge in [0.25, 0.3) is 0 Å². The molecule has 0 amide bonds. The van der Waals surface area contributed by atoms with E-state index in [1.165, 1.54) is 0 Å². The maximum absolute atomic E-state index is 5.63. The van der Waals surface area contributed by atoms with Crippen molar-refractivity contribution in [3.05, 3.63) is 48.2 Å². The van der Waals surface area contributed by atoms with Crippen LogP contribution in [0.4, 0.5) is 5.82 Å². The number of hydrogen-bond donors (Lipinski definition) is 1. The third kappa shape index (κ3) is 3.13. The van der Waals surface area contributed by atoms with Crippen molar-refractivity contribution in [3.63, 3.8) is 0 Å². The summed E-state index contributed by atoms with van der Waals surface area (Å²) in [6, 6.07) is 11.6. The summed E-state index contributed by atoms with van der Waals surface area (Å²) in [6.45, 7) is 0.518. The normalized spacial score (nSPS) is 9.89. The molecule has 0 radical (unpaired) electrons. The Balaban J connectivity index is 1.93. The van der Waals surface area contributed by atoms with Crippen LogP contribution in [0.2, 0.25) is 0 Å². The van der Waals surface area contributed by atoms with Crippen LogP contribution in [0.15, 0.2) is 42.6 Å². The molecule has 2 rings (SSSR count). The molecule has 1 aromatic carbocycles. The van der Waals surface area contributed by atoms with Gasteiger partial charge in [0.15, 0.2) is 0 Å². The standard InChI is InChI=1S/C14H16N2O2/c1-15-14-8-7-13(9-16-14)18-10-11-3-5-12(17-2)6-4-11/h3-9H,10H2,1-2H3,(H,15,16). The maximum Gasteiger partial charge on any atom is 0.138 e. The Hall–Kier alpha value is -2.23. The molecule has 0 aliphatic rings. The molecule has 0 saturated heterocycles. The average Bonchev–Trinajstić information content (AvgIpc) is 2.46. The fourth-order valence-electron chi connectivity index (χ4n) is 1.50. The molecule has 0 saturated carbocycles. The predicted molar refractivity (Wildman–Crippen MR) is 71.1 cm³/mol. The smallest absolute Gasteiger partial charge is 0.138 e. The molecule has 18 heavy (non-hydrogen) atoms. The summed E-state index contributed by atoms with van der Waals surface area (Å²) in [7, 11) is 3.49. The van der Waals surface area contributed by atoms with Gasteiger partial charge in [0.2, 0.25) is 0 Å². The molecule has 0 aliphatic heterocycles. The summed E-state index contributed by atoms with van der Waals surface area (Å²) >= 11 is 0. The zero-order chi connectivity index (χ0) is 12.8. The van der Waals surface area contributed by atoms with E-state index >= 15 is 0 Å². The number of benzene rings is 1. The molecular formula is C14H16N2O2. The summed E-state index contributed by atoms with van der Waals surface area (Å²) in [6.07, 6.45) is 1.70. The van der Waals surface area contributed by atoms with E-state index in [1.807, 2.05) is 43.4 Å². The third-order valence-corrected chi connectivity index (χ3v) is 2.56. The van der Waals surface area contributed by atoms with E-state index in [9.17, 15) is 0 Å². The molecule has 2 aromatic rings. The summed E-state index contributed by atoms with van der Waals surface area (Å²) in [5.41, 5.74) is 1.09. The van der Waals surface area contributed by atoms with Gasteiger partial charge in [-0.25, -0.2) is 4.98 Å². The van der Waals surface area contributed by atoms with E-state index < -0.39 is 0 Å². The summed E-state index contributed by atoms with van der Waals surface area (Å²) in [5, 5.41) is 2.96. The van der Waals surface area contributed by atoms with Crippen molar-refractivity contribution in [1.82, 2.24) is 4.98 Å². The highest BCUT2D eigenvalue weighted by atomic mass is 16.5. The second-order valence-corrected chi connectivity index (χ2v) is 3.77. The highest BCUT2D eigenvalue weighted by molar-refractivity contribution is 5.36.